The largest absolute Gasteiger partial charge is 0.478 e. The number of aliphatic carboxylic acids is 2. The number of benzene rings is 2. The fraction of sp³-hybridized carbons (Fsp3) is 0.433. The fourth-order valence-corrected chi connectivity index (χ4v) is 4.56. The van der Waals surface area contributed by atoms with E-state index in [2.05, 4.69) is 37.8 Å². The van der Waals surface area contributed by atoms with Crippen molar-refractivity contribution in [2.24, 2.45) is 0 Å². The summed E-state index contributed by atoms with van der Waals surface area (Å²) in [5.41, 5.74) is 2.54. The predicted molar refractivity (Wildman–Crippen MR) is 144 cm³/mol. The Morgan fingerprint density at radius 1 is 0.974 bits per heavy atom. The number of nitrogens with zero attached hydrogens (tertiary/aromatic N) is 1. The van der Waals surface area contributed by atoms with Crippen molar-refractivity contribution in [3.63, 3.8) is 0 Å². The molecular weight excluding hydrogens is 489 g/mol. The van der Waals surface area contributed by atoms with Crippen molar-refractivity contribution < 1.29 is 33.7 Å². The van der Waals surface area contributed by atoms with Crippen LogP contribution in [0.25, 0.3) is 0 Å². The van der Waals surface area contributed by atoms with Crippen LogP contribution in [-0.2, 0) is 25.5 Å². The number of hydrogen-bond acceptors (Lipinski definition) is 5. The summed E-state index contributed by atoms with van der Waals surface area (Å²) in [5.74, 6) is -2.58. The third-order valence-electron chi connectivity index (χ3n) is 6.61. The zero-order chi connectivity index (χ0) is 28.3. The van der Waals surface area contributed by atoms with Crippen LogP contribution >= 0.6 is 0 Å². The van der Waals surface area contributed by atoms with E-state index in [1.807, 2.05) is 24.3 Å². The lowest BCUT2D eigenvalue weighted by Crippen LogP contribution is -2.51. The van der Waals surface area contributed by atoms with E-state index in [1.165, 1.54) is 17.7 Å². The number of carbonyl (C=O) groups is 3. The highest BCUT2D eigenvalue weighted by molar-refractivity contribution is 5.96. The van der Waals surface area contributed by atoms with E-state index in [0.717, 1.165) is 49.9 Å². The molecule has 1 aliphatic rings. The minimum Gasteiger partial charge on any atom is -0.478 e. The molecule has 2 N–H and O–H groups in total. The molecule has 1 unspecified atom stereocenters. The first-order valence-electron chi connectivity index (χ1n) is 12.7. The lowest BCUT2D eigenvalue weighted by atomic mass is 9.86. The van der Waals surface area contributed by atoms with Gasteiger partial charge < -0.3 is 14.9 Å². The van der Waals surface area contributed by atoms with Gasteiger partial charge in [-0.25, -0.2) is 14.0 Å². The van der Waals surface area contributed by atoms with E-state index in [0.29, 0.717) is 18.6 Å². The van der Waals surface area contributed by atoms with E-state index in [4.69, 9.17) is 14.9 Å². The van der Waals surface area contributed by atoms with Crippen molar-refractivity contribution in [2.45, 2.75) is 64.0 Å². The van der Waals surface area contributed by atoms with Gasteiger partial charge in [0.25, 0.3) is 0 Å². The topological polar surface area (TPSA) is 104 Å². The van der Waals surface area contributed by atoms with Crippen LogP contribution in [0.3, 0.4) is 0 Å². The first-order valence-corrected chi connectivity index (χ1v) is 12.7. The first kappa shape index (κ1) is 30.9. The van der Waals surface area contributed by atoms with Crippen LogP contribution < -0.4 is 0 Å². The molecule has 0 radical (unpaired) electrons. The summed E-state index contributed by atoms with van der Waals surface area (Å²) >= 11 is 0. The van der Waals surface area contributed by atoms with Crippen LogP contribution in [0.2, 0.25) is 0 Å². The average molecular weight is 528 g/mol. The van der Waals surface area contributed by atoms with Crippen LogP contribution in [0, 0.1) is 5.82 Å². The van der Waals surface area contributed by atoms with Crippen LogP contribution in [0.5, 0.6) is 0 Å². The molecule has 0 aliphatic carbocycles. The monoisotopic (exact) mass is 527 g/mol. The van der Waals surface area contributed by atoms with Crippen LogP contribution in [0.15, 0.2) is 60.7 Å². The number of Topliss-reactive ketones (excluding diaryl/α,β-unsaturated/α-hetero) is 1. The Morgan fingerprint density at radius 3 is 2.05 bits per heavy atom. The number of rotatable bonds is 9. The third kappa shape index (κ3) is 8.89. The number of piperidine rings is 1. The number of carbonyl (C=O) groups excluding carboxylic acids is 1. The fourth-order valence-electron chi connectivity index (χ4n) is 4.56. The third-order valence-corrected chi connectivity index (χ3v) is 6.61. The molecule has 2 aromatic rings. The second-order valence-corrected chi connectivity index (χ2v) is 10.3. The van der Waals surface area contributed by atoms with Gasteiger partial charge in [0, 0.05) is 44.3 Å². The minimum absolute atomic E-state index is 0.0830. The maximum atomic E-state index is 13.4. The number of methoxy groups -OCH3 is 1. The van der Waals surface area contributed by atoms with Crippen molar-refractivity contribution in [1.29, 1.82) is 0 Å². The predicted octanol–water partition coefficient (Wildman–Crippen LogP) is 5.78. The highest BCUT2D eigenvalue weighted by atomic mass is 19.1. The molecule has 1 fully saturated rings. The summed E-state index contributed by atoms with van der Waals surface area (Å²) in [5, 5.41) is 15.6. The standard InChI is InChI=1S/C26H34FNO2.C4H4O4/c1-25(2,3)21-11-9-20(10-12-21)24(29)8-7-19-28-18-6-5-17-26(28,30-4)22-13-15-23(27)16-14-22;5-3(6)1-2-4(7)8/h9-16H,5-8,17-19H2,1-4H3;1-2H,(H,5,6)(H,7,8)/b;2-1+. The SMILES string of the molecule is COC1(c2ccc(F)cc2)CCCCN1CCCC(=O)c1ccc(C(C)(C)C)cc1.O=C(O)/C=C/C(=O)O. The van der Waals surface area contributed by atoms with Gasteiger partial charge in [0.15, 0.2) is 5.78 Å². The number of ketones is 1. The lowest BCUT2D eigenvalue weighted by molar-refractivity contribution is -0.165. The Labute approximate surface area is 223 Å². The van der Waals surface area contributed by atoms with Crippen molar-refractivity contribution in [2.75, 3.05) is 20.2 Å². The van der Waals surface area contributed by atoms with Gasteiger partial charge in [-0.1, -0.05) is 57.2 Å². The Morgan fingerprint density at radius 2 is 1.55 bits per heavy atom. The molecule has 7 nitrogen and oxygen atoms in total. The number of likely N-dealkylation sites (tertiary alicyclic amines) is 1. The Bertz CT molecular complexity index is 1090. The van der Waals surface area contributed by atoms with Crippen LogP contribution in [0.1, 0.15) is 74.4 Å². The molecular formula is C30H38FNO6. The molecule has 206 valence electrons. The van der Waals surface area contributed by atoms with Gasteiger partial charge in [0.05, 0.1) is 0 Å². The molecule has 1 saturated heterocycles. The van der Waals surface area contributed by atoms with Crippen LogP contribution in [-0.4, -0.2) is 53.0 Å². The van der Waals surface area contributed by atoms with Gasteiger partial charge in [-0.2, -0.15) is 0 Å². The number of carboxylic acids is 2. The number of hydrogen-bond donors (Lipinski definition) is 2. The van der Waals surface area contributed by atoms with Crippen molar-refractivity contribution in [3.05, 3.63) is 83.2 Å². The van der Waals surface area contributed by atoms with Crippen molar-refractivity contribution in [3.8, 4) is 0 Å². The molecule has 0 saturated carbocycles. The second kappa shape index (κ2) is 14.0. The van der Waals surface area contributed by atoms with Gasteiger partial charge in [-0.15, -0.1) is 0 Å². The van der Waals surface area contributed by atoms with Gasteiger partial charge >= 0.3 is 11.9 Å². The first-order chi connectivity index (χ1) is 17.9. The molecule has 8 heteroatoms. The summed E-state index contributed by atoms with van der Waals surface area (Å²) < 4.78 is 19.5. The van der Waals surface area contributed by atoms with Crippen molar-refractivity contribution >= 4 is 17.7 Å². The lowest BCUT2D eigenvalue weighted by Gasteiger charge is -2.46. The minimum atomic E-state index is -1.26. The molecule has 1 aliphatic heterocycles. The summed E-state index contributed by atoms with van der Waals surface area (Å²) in [4.78, 5) is 34.1. The van der Waals surface area contributed by atoms with Crippen molar-refractivity contribution in [1.82, 2.24) is 4.90 Å². The molecule has 1 heterocycles. The summed E-state index contributed by atoms with van der Waals surface area (Å²) in [6, 6.07) is 14.6. The quantitative estimate of drug-likeness (QED) is 0.314. The van der Waals surface area contributed by atoms with E-state index in [1.54, 1.807) is 7.11 Å². The highest BCUT2D eigenvalue weighted by Crippen LogP contribution is 2.38. The molecule has 0 amide bonds. The van der Waals surface area contributed by atoms with E-state index < -0.39 is 17.7 Å². The van der Waals surface area contributed by atoms with Gasteiger partial charge in [0.2, 0.25) is 0 Å². The Kier molecular flexibility index (Phi) is 11.4. The molecule has 0 bridgehead atoms. The molecule has 3 rings (SSSR count). The molecule has 2 aromatic carbocycles. The summed E-state index contributed by atoms with van der Waals surface area (Å²) in [6.45, 7) is 8.21. The zero-order valence-corrected chi connectivity index (χ0v) is 22.6. The number of halogens is 1. The number of ether oxygens (including phenoxy) is 1. The summed E-state index contributed by atoms with van der Waals surface area (Å²) in [7, 11) is 1.73. The maximum absolute atomic E-state index is 13.4. The van der Waals surface area contributed by atoms with E-state index in [9.17, 15) is 18.8 Å². The van der Waals surface area contributed by atoms with E-state index >= 15 is 0 Å². The smallest absolute Gasteiger partial charge is 0.328 e. The van der Waals surface area contributed by atoms with E-state index in [-0.39, 0.29) is 17.0 Å². The average Bonchev–Trinajstić information content (AvgIpc) is 2.88. The van der Waals surface area contributed by atoms with Gasteiger partial charge in [-0.3, -0.25) is 9.69 Å². The molecule has 1 atom stereocenters. The normalized spacial score (nSPS) is 18.0. The van der Waals surface area contributed by atoms with Gasteiger partial charge in [-0.05, 0) is 54.4 Å². The Hall–Kier alpha value is -3.36. The highest BCUT2D eigenvalue weighted by Gasteiger charge is 2.40. The molecule has 0 spiro atoms. The Balaban J connectivity index is 0.000000550. The number of carboxylic acid groups (broad SMARTS) is 2. The second-order valence-electron chi connectivity index (χ2n) is 10.3. The maximum Gasteiger partial charge on any atom is 0.328 e. The van der Waals surface area contributed by atoms with Crippen LogP contribution in [0.4, 0.5) is 4.39 Å². The zero-order valence-electron chi connectivity index (χ0n) is 22.6. The summed E-state index contributed by atoms with van der Waals surface area (Å²) in [6.07, 6.45) is 5.44. The van der Waals surface area contributed by atoms with Gasteiger partial charge in [0.1, 0.15) is 11.5 Å². The molecule has 0 aromatic heterocycles. The molecule has 38 heavy (non-hydrogen) atoms.